The molecule has 124 valence electrons. The molecule has 0 radical (unpaired) electrons. The lowest BCUT2D eigenvalue weighted by Gasteiger charge is -2.34. The summed E-state index contributed by atoms with van der Waals surface area (Å²) < 4.78 is 0. The Balaban J connectivity index is 1.49. The first-order chi connectivity index (χ1) is 11.1. The molecule has 0 spiro atoms. The fourth-order valence-corrected chi connectivity index (χ4v) is 4.27. The average Bonchev–Trinajstić information content (AvgIpc) is 3.20. The number of hydrogen-bond acceptors (Lipinski definition) is 5. The van der Waals surface area contributed by atoms with Crippen LogP contribution < -0.4 is 5.32 Å². The molecule has 1 aliphatic rings. The van der Waals surface area contributed by atoms with Gasteiger partial charge in [0.1, 0.15) is 0 Å². The molecule has 0 aromatic carbocycles. The minimum atomic E-state index is 0.0726. The van der Waals surface area contributed by atoms with Crippen LogP contribution >= 0.6 is 23.1 Å². The van der Waals surface area contributed by atoms with E-state index < -0.39 is 0 Å². The fraction of sp³-hybridized carbons (Fsp3) is 0.562. The monoisotopic (exact) mass is 350 g/mol. The number of thiophene rings is 1. The van der Waals surface area contributed by atoms with Crippen LogP contribution in [0.2, 0.25) is 0 Å². The Labute approximate surface area is 144 Å². The van der Waals surface area contributed by atoms with Crippen molar-refractivity contribution in [3.8, 4) is 10.7 Å². The zero-order chi connectivity index (χ0) is 16.2. The first-order valence-electron chi connectivity index (χ1n) is 8.02. The molecule has 0 bridgehead atoms. The summed E-state index contributed by atoms with van der Waals surface area (Å²) in [7, 11) is 0. The summed E-state index contributed by atoms with van der Waals surface area (Å²) in [4.78, 5) is 17.7. The lowest BCUT2D eigenvalue weighted by atomic mass is 9.78. The number of carbonyl (C=O) groups excluding carboxylic acids is 1. The summed E-state index contributed by atoms with van der Waals surface area (Å²) in [5, 5.41) is 12.9. The van der Waals surface area contributed by atoms with Crippen LogP contribution in [0.5, 0.6) is 0 Å². The van der Waals surface area contributed by atoms with Crippen molar-refractivity contribution >= 4 is 29.0 Å². The maximum atomic E-state index is 12.2. The number of H-pyrrole nitrogens is 1. The Hall–Kier alpha value is -1.34. The van der Waals surface area contributed by atoms with E-state index in [1.807, 2.05) is 17.5 Å². The summed E-state index contributed by atoms with van der Waals surface area (Å²) >= 11 is 2.99. The molecular weight excluding hydrogens is 328 g/mol. The van der Waals surface area contributed by atoms with Crippen LogP contribution in [-0.4, -0.2) is 32.9 Å². The van der Waals surface area contributed by atoms with E-state index >= 15 is 0 Å². The third-order valence-electron chi connectivity index (χ3n) is 4.61. The van der Waals surface area contributed by atoms with Gasteiger partial charge < -0.3 is 5.32 Å². The number of aromatic amines is 1. The molecule has 5 nitrogen and oxygen atoms in total. The van der Waals surface area contributed by atoms with Crippen molar-refractivity contribution in [2.75, 3.05) is 5.75 Å². The van der Waals surface area contributed by atoms with E-state index in [0.717, 1.165) is 17.1 Å². The second kappa shape index (κ2) is 7.49. The number of nitrogens with zero attached hydrogens (tertiary/aromatic N) is 2. The van der Waals surface area contributed by atoms with Crippen LogP contribution in [0.4, 0.5) is 0 Å². The van der Waals surface area contributed by atoms with Crippen molar-refractivity contribution in [1.29, 1.82) is 0 Å². The summed E-state index contributed by atoms with van der Waals surface area (Å²) in [5.74, 6) is 2.43. The molecule has 1 aliphatic carbocycles. The van der Waals surface area contributed by atoms with Crippen molar-refractivity contribution < 1.29 is 4.79 Å². The Morgan fingerprint density at radius 2 is 2.35 bits per heavy atom. The van der Waals surface area contributed by atoms with Crippen LogP contribution in [0.15, 0.2) is 22.7 Å². The third kappa shape index (κ3) is 4.14. The quantitative estimate of drug-likeness (QED) is 0.809. The number of aromatic nitrogens is 3. The molecular formula is C16H22N4OS2. The summed E-state index contributed by atoms with van der Waals surface area (Å²) in [6.45, 7) is 4.52. The number of rotatable bonds is 5. The van der Waals surface area contributed by atoms with E-state index in [4.69, 9.17) is 0 Å². The SMILES string of the molecule is C[C@@H]1[C@H](C)CCC[C@@H]1NC(=O)CSc1n[nH]c(-c2cccs2)n1. The van der Waals surface area contributed by atoms with Crippen LogP contribution in [0.3, 0.4) is 0 Å². The van der Waals surface area contributed by atoms with Gasteiger partial charge in [-0.15, -0.1) is 16.4 Å². The van der Waals surface area contributed by atoms with E-state index in [-0.39, 0.29) is 5.91 Å². The summed E-state index contributed by atoms with van der Waals surface area (Å²) in [5.41, 5.74) is 0. The minimum Gasteiger partial charge on any atom is -0.352 e. The third-order valence-corrected chi connectivity index (χ3v) is 6.33. The normalized spacial score (nSPS) is 24.5. The van der Waals surface area contributed by atoms with Gasteiger partial charge in [-0.1, -0.05) is 44.5 Å². The second-order valence-corrected chi connectivity index (χ2v) is 8.06. The number of amides is 1. The maximum absolute atomic E-state index is 12.2. The molecule has 1 amide bonds. The molecule has 2 N–H and O–H groups in total. The van der Waals surface area contributed by atoms with Gasteiger partial charge in [0, 0.05) is 6.04 Å². The summed E-state index contributed by atoms with van der Waals surface area (Å²) in [6, 6.07) is 4.29. The Morgan fingerprint density at radius 3 is 3.13 bits per heavy atom. The van der Waals surface area contributed by atoms with Crippen LogP contribution in [0.25, 0.3) is 10.7 Å². The number of hydrogen-bond donors (Lipinski definition) is 2. The molecule has 0 saturated heterocycles. The van der Waals surface area contributed by atoms with Crippen molar-refractivity contribution in [3.63, 3.8) is 0 Å². The van der Waals surface area contributed by atoms with Gasteiger partial charge in [-0.2, -0.15) is 0 Å². The molecule has 2 heterocycles. The second-order valence-electron chi connectivity index (χ2n) is 6.17. The van der Waals surface area contributed by atoms with Gasteiger partial charge in [-0.05, 0) is 29.7 Å². The molecule has 1 saturated carbocycles. The number of nitrogens with one attached hydrogen (secondary N) is 2. The lowest BCUT2D eigenvalue weighted by molar-refractivity contribution is -0.120. The van der Waals surface area contributed by atoms with Crippen molar-refractivity contribution in [2.45, 2.75) is 44.3 Å². The van der Waals surface area contributed by atoms with Gasteiger partial charge in [0.05, 0.1) is 10.6 Å². The van der Waals surface area contributed by atoms with Crippen molar-refractivity contribution in [2.24, 2.45) is 11.8 Å². The molecule has 3 atom stereocenters. The number of thioether (sulfide) groups is 1. The first kappa shape index (κ1) is 16.5. The Morgan fingerprint density at radius 1 is 1.48 bits per heavy atom. The molecule has 23 heavy (non-hydrogen) atoms. The molecule has 7 heteroatoms. The van der Waals surface area contributed by atoms with E-state index in [9.17, 15) is 4.79 Å². The highest BCUT2D eigenvalue weighted by molar-refractivity contribution is 7.99. The van der Waals surface area contributed by atoms with Gasteiger partial charge in [0.2, 0.25) is 11.1 Å². The first-order valence-corrected chi connectivity index (χ1v) is 9.88. The van der Waals surface area contributed by atoms with Crippen LogP contribution in [0.1, 0.15) is 33.1 Å². The predicted octanol–water partition coefficient (Wildman–Crippen LogP) is 3.57. The molecule has 2 aromatic rings. The van der Waals surface area contributed by atoms with E-state index in [0.29, 0.717) is 28.8 Å². The van der Waals surface area contributed by atoms with E-state index in [1.165, 1.54) is 24.6 Å². The highest BCUT2D eigenvalue weighted by atomic mass is 32.2. The minimum absolute atomic E-state index is 0.0726. The van der Waals surface area contributed by atoms with E-state index in [1.54, 1.807) is 11.3 Å². The topological polar surface area (TPSA) is 70.7 Å². The van der Waals surface area contributed by atoms with Crippen LogP contribution in [0, 0.1) is 11.8 Å². The lowest BCUT2D eigenvalue weighted by Crippen LogP contribution is -2.44. The standard InChI is InChI=1S/C16H22N4OS2/c1-10-5-3-6-12(11(10)2)17-14(21)9-23-16-18-15(19-20-16)13-7-4-8-22-13/h4,7-8,10-12H,3,5-6,9H2,1-2H3,(H,17,21)(H,18,19,20)/t10-,11-,12+/m1/s1. The van der Waals surface area contributed by atoms with Crippen molar-refractivity contribution in [1.82, 2.24) is 20.5 Å². The van der Waals surface area contributed by atoms with Gasteiger partial charge in [-0.3, -0.25) is 9.89 Å². The van der Waals surface area contributed by atoms with E-state index in [2.05, 4.69) is 34.3 Å². The van der Waals surface area contributed by atoms with Gasteiger partial charge in [-0.25, -0.2) is 4.98 Å². The Kier molecular flexibility index (Phi) is 5.38. The van der Waals surface area contributed by atoms with Gasteiger partial charge in [0.25, 0.3) is 0 Å². The van der Waals surface area contributed by atoms with Gasteiger partial charge >= 0.3 is 0 Å². The Bertz CT molecular complexity index is 640. The highest BCUT2D eigenvalue weighted by Gasteiger charge is 2.28. The molecule has 0 unspecified atom stereocenters. The smallest absolute Gasteiger partial charge is 0.230 e. The largest absolute Gasteiger partial charge is 0.352 e. The molecule has 1 fully saturated rings. The molecule has 2 aromatic heterocycles. The molecule has 3 rings (SSSR count). The maximum Gasteiger partial charge on any atom is 0.230 e. The summed E-state index contributed by atoms with van der Waals surface area (Å²) in [6.07, 6.45) is 3.56. The predicted molar refractivity (Wildman–Crippen MR) is 94.5 cm³/mol. The van der Waals surface area contributed by atoms with Crippen LogP contribution in [-0.2, 0) is 4.79 Å². The average molecular weight is 351 g/mol. The highest BCUT2D eigenvalue weighted by Crippen LogP contribution is 2.29. The molecule has 0 aliphatic heterocycles. The zero-order valence-electron chi connectivity index (χ0n) is 13.4. The fourth-order valence-electron chi connectivity index (χ4n) is 3.00. The van der Waals surface area contributed by atoms with Gasteiger partial charge in [0.15, 0.2) is 5.82 Å². The number of carbonyl (C=O) groups is 1. The zero-order valence-corrected chi connectivity index (χ0v) is 15.0. The van der Waals surface area contributed by atoms with Crippen molar-refractivity contribution in [3.05, 3.63) is 17.5 Å².